The topological polar surface area (TPSA) is 58.3 Å². The second-order valence-corrected chi connectivity index (χ2v) is 4.46. The van der Waals surface area contributed by atoms with Crippen LogP contribution in [-0.4, -0.2) is 48.3 Å². The van der Waals surface area contributed by atoms with E-state index in [0.29, 0.717) is 11.9 Å². The summed E-state index contributed by atoms with van der Waals surface area (Å²) in [5.74, 6) is 1.38. The highest BCUT2D eigenvalue weighted by Crippen LogP contribution is 2.19. The summed E-state index contributed by atoms with van der Waals surface area (Å²) in [5.41, 5.74) is 5.52. The SMILES string of the molecule is CN1CCC(N(C)c2ccc(N)nn2)CC1. The number of hydrogen-bond acceptors (Lipinski definition) is 5. The van der Waals surface area contributed by atoms with Gasteiger partial charge < -0.3 is 15.5 Å². The first-order valence-corrected chi connectivity index (χ1v) is 5.67. The van der Waals surface area contributed by atoms with Crippen molar-refractivity contribution in [2.45, 2.75) is 18.9 Å². The summed E-state index contributed by atoms with van der Waals surface area (Å²) >= 11 is 0. The normalized spacial score (nSPS) is 18.6. The molecule has 1 aliphatic rings. The average Bonchev–Trinajstić information content (AvgIpc) is 2.30. The van der Waals surface area contributed by atoms with Gasteiger partial charge in [-0.05, 0) is 45.1 Å². The van der Waals surface area contributed by atoms with Crippen LogP contribution in [0.25, 0.3) is 0 Å². The molecule has 88 valence electrons. The van der Waals surface area contributed by atoms with Crippen molar-refractivity contribution in [2.24, 2.45) is 0 Å². The van der Waals surface area contributed by atoms with Crippen LogP contribution in [0.15, 0.2) is 12.1 Å². The predicted octanol–water partition coefficient (Wildman–Crippen LogP) is 0.589. The van der Waals surface area contributed by atoms with Gasteiger partial charge in [-0.3, -0.25) is 0 Å². The average molecular weight is 221 g/mol. The molecule has 0 bridgehead atoms. The van der Waals surface area contributed by atoms with Gasteiger partial charge in [0.1, 0.15) is 5.82 Å². The van der Waals surface area contributed by atoms with Gasteiger partial charge in [-0.1, -0.05) is 0 Å². The van der Waals surface area contributed by atoms with Gasteiger partial charge >= 0.3 is 0 Å². The van der Waals surface area contributed by atoms with Gasteiger partial charge in [0.25, 0.3) is 0 Å². The Hall–Kier alpha value is -1.36. The van der Waals surface area contributed by atoms with Crippen molar-refractivity contribution in [1.82, 2.24) is 15.1 Å². The maximum absolute atomic E-state index is 5.52. The minimum absolute atomic E-state index is 0.473. The lowest BCUT2D eigenvalue weighted by Gasteiger charge is -2.35. The summed E-state index contributed by atoms with van der Waals surface area (Å²) in [6.07, 6.45) is 2.36. The summed E-state index contributed by atoms with van der Waals surface area (Å²) in [6, 6.07) is 4.29. The first-order valence-electron chi connectivity index (χ1n) is 5.67. The summed E-state index contributed by atoms with van der Waals surface area (Å²) in [5, 5.41) is 8.00. The van der Waals surface area contributed by atoms with E-state index in [9.17, 15) is 0 Å². The van der Waals surface area contributed by atoms with E-state index in [0.717, 1.165) is 18.9 Å². The van der Waals surface area contributed by atoms with Crippen LogP contribution in [0.4, 0.5) is 11.6 Å². The van der Waals surface area contributed by atoms with Crippen molar-refractivity contribution in [3.63, 3.8) is 0 Å². The molecule has 16 heavy (non-hydrogen) atoms. The van der Waals surface area contributed by atoms with Crippen LogP contribution in [-0.2, 0) is 0 Å². The second kappa shape index (κ2) is 4.65. The zero-order chi connectivity index (χ0) is 11.5. The second-order valence-electron chi connectivity index (χ2n) is 4.46. The molecule has 0 radical (unpaired) electrons. The van der Waals surface area contributed by atoms with Crippen LogP contribution in [0.5, 0.6) is 0 Å². The van der Waals surface area contributed by atoms with Crippen LogP contribution in [0.2, 0.25) is 0 Å². The van der Waals surface area contributed by atoms with E-state index in [2.05, 4.69) is 34.1 Å². The maximum Gasteiger partial charge on any atom is 0.151 e. The quantitative estimate of drug-likeness (QED) is 0.792. The molecule has 1 aromatic heterocycles. The fourth-order valence-corrected chi connectivity index (χ4v) is 2.09. The molecule has 0 aromatic carbocycles. The highest BCUT2D eigenvalue weighted by molar-refractivity contribution is 5.41. The van der Waals surface area contributed by atoms with Gasteiger partial charge in [0.05, 0.1) is 0 Å². The van der Waals surface area contributed by atoms with Crippen molar-refractivity contribution in [3.05, 3.63) is 12.1 Å². The lowest BCUT2D eigenvalue weighted by molar-refractivity contribution is 0.252. The Morgan fingerprint density at radius 3 is 2.56 bits per heavy atom. The number of aromatic nitrogens is 2. The van der Waals surface area contributed by atoms with Crippen LogP contribution < -0.4 is 10.6 Å². The van der Waals surface area contributed by atoms with Crippen LogP contribution in [0.1, 0.15) is 12.8 Å². The Kier molecular flexibility index (Phi) is 3.24. The Balaban J connectivity index is 2.01. The summed E-state index contributed by atoms with van der Waals surface area (Å²) in [7, 11) is 4.25. The molecule has 0 saturated carbocycles. The molecular formula is C11H19N5. The van der Waals surface area contributed by atoms with Gasteiger partial charge in [0, 0.05) is 13.1 Å². The Morgan fingerprint density at radius 2 is 2.00 bits per heavy atom. The van der Waals surface area contributed by atoms with Crippen molar-refractivity contribution in [3.8, 4) is 0 Å². The van der Waals surface area contributed by atoms with Crippen molar-refractivity contribution in [2.75, 3.05) is 37.8 Å². The molecule has 2 rings (SSSR count). The Labute approximate surface area is 96.2 Å². The molecule has 0 spiro atoms. The summed E-state index contributed by atoms with van der Waals surface area (Å²) < 4.78 is 0. The smallest absolute Gasteiger partial charge is 0.151 e. The zero-order valence-electron chi connectivity index (χ0n) is 9.93. The minimum atomic E-state index is 0.473. The lowest BCUT2D eigenvalue weighted by Crippen LogP contribution is -2.42. The van der Waals surface area contributed by atoms with Gasteiger partial charge in [0.15, 0.2) is 5.82 Å². The van der Waals surface area contributed by atoms with Crippen molar-refractivity contribution < 1.29 is 0 Å². The fourth-order valence-electron chi connectivity index (χ4n) is 2.09. The Bertz CT molecular complexity index is 329. The van der Waals surface area contributed by atoms with Gasteiger partial charge in [-0.2, -0.15) is 0 Å². The van der Waals surface area contributed by atoms with E-state index in [-0.39, 0.29) is 0 Å². The number of nitrogen functional groups attached to an aromatic ring is 1. The predicted molar refractivity (Wildman–Crippen MR) is 65.4 cm³/mol. The lowest BCUT2D eigenvalue weighted by atomic mass is 10.0. The number of nitrogens with zero attached hydrogens (tertiary/aromatic N) is 4. The Morgan fingerprint density at radius 1 is 1.31 bits per heavy atom. The highest BCUT2D eigenvalue weighted by atomic mass is 15.3. The first kappa shape index (κ1) is 11.1. The van der Waals surface area contributed by atoms with Crippen LogP contribution in [0.3, 0.4) is 0 Å². The number of rotatable bonds is 2. The van der Waals surface area contributed by atoms with Gasteiger partial charge in [-0.15, -0.1) is 10.2 Å². The molecule has 2 N–H and O–H groups in total. The molecule has 0 amide bonds. The number of piperidine rings is 1. The van der Waals surface area contributed by atoms with Crippen LogP contribution >= 0.6 is 0 Å². The minimum Gasteiger partial charge on any atom is -0.382 e. The molecular weight excluding hydrogens is 202 g/mol. The molecule has 5 heteroatoms. The molecule has 1 aromatic rings. The standard InChI is InChI=1S/C11H19N5/c1-15-7-5-9(6-8-15)16(2)11-4-3-10(12)13-14-11/h3-4,9H,5-8H2,1-2H3,(H2,12,13). The number of likely N-dealkylation sites (tertiary alicyclic amines) is 1. The van der Waals surface area contributed by atoms with Crippen molar-refractivity contribution >= 4 is 11.6 Å². The molecule has 1 saturated heterocycles. The third-order valence-corrected chi connectivity index (χ3v) is 3.27. The van der Waals surface area contributed by atoms with E-state index in [1.165, 1.54) is 12.8 Å². The molecule has 1 fully saturated rings. The first-order chi connectivity index (χ1) is 7.66. The van der Waals surface area contributed by atoms with E-state index >= 15 is 0 Å². The molecule has 5 nitrogen and oxygen atoms in total. The molecule has 2 heterocycles. The summed E-state index contributed by atoms with van der Waals surface area (Å²) in [4.78, 5) is 4.57. The number of anilines is 2. The van der Waals surface area contributed by atoms with E-state index < -0.39 is 0 Å². The van der Waals surface area contributed by atoms with E-state index in [1.54, 1.807) is 6.07 Å². The largest absolute Gasteiger partial charge is 0.382 e. The van der Waals surface area contributed by atoms with E-state index in [1.807, 2.05) is 6.07 Å². The molecule has 0 atom stereocenters. The monoisotopic (exact) mass is 221 g/mol. The fraction of sp³-hybridized carbons (Fsp3) is 0.636. The number of nitrogens with two attached hydrogens (primary N) is 1. The molecule has 0 aliphatic carbocycles. The van der Waals surface area contributed by atoms with Crippen LogP contribution in [0, 0.1) is 0 Å². The molecule has 0 unspecified atom stereocenters. The molecule has 1 aliphatic heterocycles. The number of hydrogen-bond donors (Lipinski definition) is 1. The third-order valence-electron chi connectivity index (χ3n) is 3.27. The zero-order valence-corrected chi connectivity index (χ0v) is 9.93. The van der Waals surface area contributed by atoms with Gasteiger partial charge in [0.2, 0.25) is 0 Å². The third kappa shape index (κ3) is 2.41. The van der Waals surface area contributed by atoms with Crippen molar-refractivity contribution in [1.29, 1.82) is 0 Å². The highest BCUT2D eigenvalue weighted by Gasteiger charge is 2.21. The van der Waals surface area contributed by atoms with Gasteiger partial charge in [-0.25, -0.2) is 0 Å². The maximum atomic E-state index is 5.52. The van der Waals surface area contributed by atoms with E-state index in [4.69, 9.17) is 5.73 Å². The summed E-state index contributed by atoms with van der Waals surface area (Å²) in [6.45, 7) is 2.30.